The zero-order valence-corrected chi connectivity index (χ0v) is 13.2. The number of nitrogens with zero attached hydrogens (tertiary/aromatic N) is 1. The van der Waals surface area contributed by atoms with E-state index in [9.17, 15) is 5.11 Å². The number of methoxy groups -OCH3 is 1. The van der Waals surface area contributed by atoms with Gasteiger partial charge in [0.1, 0.15) is 0 Å². The summed E-state index contributed by atoms with van der Waals surface area (Å²) in [6.45, 7) is 4.10. The Bertz CT molecular complexity index is 654. The molecule has 1 unspecified atom stereocenters. The first-order chi connectivity index (χ1) is 10.7. The molecule has 2 aromatic carbocycles. The number of ether oxygens (including phenoxy) is 1. The van der Waals surface area contributed by atoms with Crippen LogP contribution in [0.3, 0.4) is 0 Å². The number of hydrogen-bond acceptors (Lipinski definition) is 3. The summed E-state index contributed by atoms with van der Waals surface area (Å²) in [6, 6.07) is 14.9. The molecule has 2 aromatic rings. The molecule has 1 aliphatic rings. The summed E-state index contributed by atoms with van der Waals surface area (Å²) >= 11 is 0. The smallest absolute Gasteiger partial charge is 0.160 e. The average Bonchev–Trinajstić information content (AvgIpc) is 2.95. The van der Waals surface area contributed by atoms with Crippen LogP contribution in [0.15, 0.2) is 42.5 Å². The van der Waals surface area contributed by atoms with E-state index in [1.54, 1.807) is 7.11 Å². The van der Waals surface area contributed by atoms with Gasteiger partial charge in [0.2, 0.25) is 0 Å². The van der Waals surface area contributed by atoms with Crippen molar-refractivity contribution in [2.45, 2.75) is 32.4 Å². The van der Waals surface area contributed by atoms with Gasteiger partial charge in [-0.15, -0.1) is 0 Å². The lowest BCUT2D eigenvalue weighted by Crippen LogP contribution is -2.22. The zero-order valence-electron chi connectivity index (χ0n) is 13.2. The number of phenolic OH excluding ortho intramolecular Hbond substituents is 1. The summed E-state index contributed by atoms with van der Waals surface area (Å²) in [5.74, 6) is 0.742. The molecule has 1 heterocycles. The maximum atomic E-state index is 9.94. The van der Waals surface area contributed by atoms with E-state index in [1.165, 1.54) is 24.0 Å². The number of phenols is 1. The van der Waals surface area contributed by atoms with Gasteiger partial charge in [-0.3, -0.25) is 4.90 Å². The molecule has 3 rings (SSSR count). The minimum absolute atomic E-state index is 0.214. The Balaban J connectivity index is 1.78. The van der Waals surface area contributed by atoms with Crippen molar-refractivity contribution in [1.29, 1.82) is 0 Å². The summed E-state index contributed by atoms with van der Waals surface area (Å²) in [4.78, 5) is 2.50. The van der Waals surface area contributed by atoms with Gasteiger partial charge in [-0.05, 0) is 49.6 Å². The molecule has 0 spiro atoms. The third-order valence-electron chi connectivity index (χ3n) is 4.42. The monoisotopic (exact) mass is 297 g/mol. The summed E-state index contributed by atoms with van der Waals surface area (Å²) in [6.07, 6.45) is 2.42. The van der Waals surface area contributed by atoms with Gasteiger partial charge in [-0.1, -0.05) is 35.9 Å². The van der Waals surface area contributed by atoms with E-state index in [4.69, 9.17) is 4.74 Å². The molecule has 0 aromatic heterocycles. The van der Waals surface area contributed by atoms with Crippen LogP contribution in [0.5, 0.6) is 11.5 Å². The Morgan fingerprint density at radius 2 is 2.09 bits per heavy atom. The van der Waals surface area contributed by atoms with Crippen LogP contribution < -0.4 is 4.74 Å². The first-order valence-electron chi connectivity index (χ1n) is 7.84. The van der Waals surface area contributed by atoms with Crippen molar-refractivity contribution in [2.24, 2.45) is 0 Å². The van der Waals surface area contributed by atoms with Gasteiger partial charge in [0.25, 0.3) is 0 Å². The number of hydrogen-bond donors (Lipinski definition) is 1. The Labute approximate surface area is 132 Å². The van der Waals surface area contributed by atoms with Crippen molar-refractivity contribution in [2.75, 3.05) is 13.7 Å². The van der Waals surface area contributed by atoms with Crippen LogP contribution in [0.2, 0.25) is 0 Å². The molecule has 0 saturated carbocycles. The molecule has 0 aliphatic carbocycles. The van der Waals surface area contributed by atoms with E-state index < -0.39 is 0 Å². The predicted molar refractivity (Wildman–Crippen MR) is 88.2 cm³/mol. The Morgan fingerprint density at radius 1 is 1.23 bits per heavy atom. The van der Waals surface area contributed by atoms with Gasteiger partial charge in [-0.25, -0.2) is 0 Å². The molecule has 1 aliphatic heterocycles. The molecule has 0 radical (unpaired) electrons. The van der Waals surface area contributed by atoms with Crippen LogP contribution in [0.25, 0.3) is 0 Å². The minimum Gasteiger partial charge on any atom is -0.504 e. The molecule has 3 heteroatoms. The van der Waals surface area contributed by atoms with Gasteiger partial charge < -0.3 is 9.84 Å². The molecule has 1 N–H and O–H groups in total. The van der Waals surface area contributed by atoms with E-state index in [0.29, 0.717) is 11.8 Å². The maximum absolute atomic E-state index is 9.94. The van der Waals surface area contributed by atoms with Gasteiger partial charge >= 0.3 is 0 Å². The third-order valence-corrected chi connectivity index (χ3v) is 4.42. The fourth-order valence-corrected chi connectivity index (χ4v) is 3.34. The van der Waals surface area contributed by atoms with Crippen molar-refractivity contribution in [1.82, 2.24) is 4.90 Å². The van der Waals surface area contributed by atoms with E-state index in [1.807, 2.05) is 18.2 Å². The lowest BCUT2D eigenvalue weighted by atomic mass is 10.0. The van der Waals surface area contributed by atoms with Gasteiger partial charge in [-0.2, -0.15) is 0 Å². The molecule has 0 bridgehead atoms. The quantitative estimate of drug-likeness (QED) is 0.924. The van der Waals surface area contributed by atoms with E-state index >= 15 is 0 Å². The van der Waals surface area contributed by atoms with Crippen molar-refractivity contribution < 1.29 is 9.84 Å². The lowest BCUT2D eigenvalue weighted by Gasteiger charge is -2.25. The van der Waals surface area contributed by atoms with Crippen LogP contribution >= 0.6 is 0 Å². The minimum atomic E-state index is 0.214. The van der Waals surface area contributed by atoms with E-state index in [2.05, 4.69) is 36.1 Å². The predicted octanol–water partition coefficient (Wildman–Crippen LogP) is 4.05. The lowest BCUT2D eigenvalue weighted by molar-refractivity contribution is 0.248. The van der Waals surface area contributed by atoms with Crippen LogP contribution in [-0.4, -0.2) is 23.7 Å². The number of rotatable bonds is 4. The van der Waals surface area contributed by atoms with Crippen LogP contribution in [0.4, 0.5) is 0 Å². The summed E-state index contributed by atoms with van der Waals surface area (Å²) < 4.78 is 5.11. The standard InChI is InChI=1S/C19H23NO2/c1-14-5-3-6-16(11-14)17-7-4-10-20(17)13-15-8-9-19(22-2)18(21)12-15/h3,5-6,8-9,11-12,17,21H,4,7,10,13H2,1-2H3. The first-order valence-corrected chi connectivity index (χ1v) is 7.84. The third kappa shape index (κ3) is 3.09. The molecule has 1 atom stereocenters. The highest BCUT2D eigenvalue weighted by Crippen LogP contribution is 2.34. The highest BCUT2D eigenvalue weighted by atomic mass is 16.5. The Morgan fingerprint density at radius 3 is 2.82 bits per heavy atom. The van der Waals surface area contributed by atoms with Crippen molar-refractivity contribution in [3.05, 3.63) is 59.2 Å². The molecule has 0 amide bonds. The first kappa shape index (κ1) is 14.9. The van der Waals surface area contributed by atoms with Crippen LogP contribution in [0, 0.1) is 6.92 Å². The Hall–Kier alpha value is -2.00. The number of aromatic hydroxyl groups is 1. The molecule has 1 saturated heterocycles. The second-order valence-corrected chi connectivity index (χ2v) is 6.05. The summed E-state index contributed by atoms with van der Waals surface area (Å²) in [5, 5.41) is 9.94. The number of likely N-dealkylation sites (tertiary alicyclic amines) is 1. The largest absolute Gasteiger partial charge is 0.504 e. The second kappa shape index (κ2) is 6.41. The zero-order chi connectivity index (χ0) is 15.5. The van der Waals surface area contributed by atoms with Crippen molar-refractivity contribution >= 4 is 0 Å². The summed E-state index contributed by atoms with van der Waals surface area (Å²) in [5.41, 5.74) is 3.83. The molecular weight excluding hydrogens is 274 g/mol. The highest BCUT2D eigenvalue weighted by Gasteiger charge is 2.26. The van der Waals surface area contributed by atoms with Crippen LogP contribution in [-0.2, 0) is 6.54 Å². The van der Waals surface area contributed by atoms with Gasteiger partial charge in [0.15, 0.2) is 11.5 Å². The fraction of sp³-hybridized carbons (Fsp3) is 0.368. The topological polar surface area (TPSA) is 32.7 Å². The number of aryl methyl sites for hydroxylation is 1. The number of benzene rings is 2. The van der Waals surface area contributed by atoms with Crippen LogP contribution in [0.1, 0.15) is 35.6 Å². The SMILES string of the molecule is COc1ccc(CN2CCCC2c2cccc(C)c2)cc1O. The molecule has 116 valence electrons. The molecular formula is C19H23NO2. The average molecular weight is 297 g/mol. The summed E-state index contributed by atoms with van der Waals surface area (Å²) in [7, 11) is 1.57. The molecule has 22 heavy (non-hydrogen) atoms. The van der Waals surface area contributed by atoms with Crippen molar-refractivity contribution in [3.8, 4) is 11.5 Å². The maximum Gasteiger partial charge on any atom is 0.160 e. The van der Waals surface area contributed by atoms with E-state index in [-0.39, 0.29) is 5.75 Å². The van der Waals surface area contributed by atoms with E-state index in [0.717, 1.165) is 18.7 Å². The van der Waals surface area contributed by atoms with Gasteiger partial charge in [0.05, 0.1) is 7.11 Å². The second-order valence-electron chi connectivity index (χ2n) is 6.05. The molecule has 3 nitrogen and oxygen atoms in total. The molecule has 1 fully saturated rings. The van der Waals surface area contributed by atoms with Gasteiger partial charge in [0, 0.05) is 12.6 Å². The highest BCUT2D eigenvalue weighted by molar-refractivity contribution is 5.41. The Kier molecular flexibility index (Phi) is 4.34. The normalized spacial score (nSPS) is 18.5. The fourth-order valence-electron chi connectivity index (χ4n) is 3.34. The van der Waals surface area contributed by atoms with Crippen molar-refractivity contribution in [3.63, 3.8) is 0 Å².